The smallest absolute Gasteiger partial charge is 0.322 e. The van der Waals surface area contributed by atoms with Crippen molar-refractivity contribution in [2.75, 3.05) is 62.3 Å². The Labute approximate surface area is 361 Å². The van der Waals surface area contributed by atoms with E-state index < -0.39 is 34.1 Å². The monoisotopic (exact) mass is 963 g/mol. The predicted octanol–water partition coefficient (Wildman–Crippen LogP) is 3.91. The number of nitrogens with two attached hydrogens (primary N) is 1. The molecule has 2 aromatic carbocycles. The van der Waals surface area contributed by atoms with Gasteiger partial charge < -0.3 is 46.4 Å². The lowest BCUT2D eigenvalue weighted by molar-refractivity contribution is -0.137. The van der Waals surface area contributed by atoms with E-state index in [0.717, 1.165) is 16.9 Å². The summed E-state index contributed by atoms with van der Waals surface area (Å²) in [5, 5.41) is 19.2. The number of para-hydroxylation sites is 1. The Balaban J connectivity index is 0.00000125. The predicted molar refractivity (Wildman–Crippen MR) is 230 cm³/mol. The van der Waals surface area contributed by atoms with Crippen molar-refractivity contribution in [2.45, 2.75) is 63.2 Å². The molecule has 6 amide bonds. The van der Waals surface area contributed by atoms with Crippen molar-refractivity contribution in [3.63, 3.8) is 0 Å². The summed E-state index contributed by atoms with van der Waals surface area (Å²) in [7, 11) is -3.67. The lowest BCUT2D eigenvalue weighted by Crippen LogP contribution is -2.59. The van der Waals surface area contributed by atoms with Gasteiger partial charge in [-0.25, -0.2) is 9.59 Å². The third-order valence-corrected chi connectivity index (χ3v) is 11.6. The number of phenolic OH excluding ortho intramolecular Hbond substituents is 1. The minimum atomic E-state index is -3.67. The van der Waals surface area contributed by atoms with Crippen LogP contribution in [0.1, 0.15) is 43.2 Å². The lowest BCUT2D eigenvalue weighted by atomic mass is 10.0. The molecule has 59 heavy (non-hydrogen) atoms. The van der Waals surface area contributed by atoms with Gasteiger partial charge in [-0.1, -0.05) is 18.2 Å². The number of anilines is 2. The number of hydrogen-bond acceptors (Lipinski definition) is 10. The molecule has 0 aliphatic carbocycles. The van der Waals surface area contributed by atoms with E-state index in [1.807, 2.05) is 41.3 Å². The first-order valence-corrected chi connectivity index (χ1v) is 22.8. The molecule has 3 aliphatic rings. The molecule has 2 atom stereocenters. The van der Waals surface area contributed by atoms with Crippen LogP contribution in [0.2, 0.25) is 0 Å². The summed E-state index contributed by atoms with van der Waals surface area (Å²) in [6, 6.07) is 12.6. The van der Waals surface area contributed by atoms with E-state index in [1.165, 1.54) is 0 Å². The molecule has 2 fully saturated rings. The Bertz CT molecular complexity index is 2020. The summed E-state index contributed by atoms with van der Waals surface area (Å²) in [5.74, 6) is -0.628. The number of halogens is 2. The SMILES string of the molecule is CS(=O)(=O)O.NCCCC[C@H](NC(=O)[C@@H](Cc1cc(Br)c(O)c(Br)c1)NC(=O)N1CCC(N2Cc3ccccc3NC2=O)CC1)C(=O)N1CCN(c2ccncc2)CC1. The Hall–Kier alpha value is -4.50. The normalized spacial score (nSPS) is 16.9. The van der Waals surface area contributed by atoms with Gasteiger partial charge in [0, 0.05) is 82.0 Å². The van der Waals surface area contributed by atoms with Gasteiger partial charge in [0.15, 0.2) is 0 Å². The molecule has 0 saturated carbocycles. The number of carbonyl (C=O) groups is 4. The summed E-state index contributed by atoms with van der Waals surface area (Å²) in [5.41, 5.74) is 9.38. The van der Waals surface area contributed by atoms with Crippen molar-refractivity contribution in [3.8, 4) is 5.75 Å². The van der Waals surface area contributed by atoms with E-state index in [0.29, 0.717) is 105 Å². The van der Waals surface area contributed by atoms with Crippen molar-refractivity contribution in [1.82, 2.24) is 30.3 Å². The quantitative estimate of drug-likeness (QED) is 0.113. The van der Waals surface area contributed by atoms with Gasteiger partial charge in [-0.2, -0.15) is 8.42 Å². The Kier molecular flexibility index (Phi) is 16.3. The van der Waals surface area contributed by atoms with Crippen LogP contribution in [0, 0.1) is 0 Å². The standard InChI is InChI=1S/C38H47Br2N9O5.CH4O3S/c39-29-21-25(22-30(40)34(29)50)23-33(45-37(53)48-15-10-28(11-16-48)49-24-26-5-1-2-6-31(26)44-38(49)54)35(51)43-32(7-3-4-12-41)36(52)47-19-17-46(18-20-47)27-8-13-42-14-9-27;1-5(2,3)4/h1-2,5-6,8-9,13-14,21-22,28,32-33,50H,3-4,7,10-12,15-20,23-24,41H2,(H,43,51)(H,44,54)(H,45,53);1H3,(H,2,3,4)/t32-,33+;/m0./s1. The second-order valence-corrected chi connectivity index (χ2v) is 17.8. The number of benzene rings is 2. The van der Waals surface area contributed by atoms with E-state index in [-0.39, 0.29) is 30.2 Å². The van der Waals surface area contributed by atoms with Gasteiger partial charge in [0.05, 0.1) is 15.2 Å². The number of carbonyl (C=O) groups excluding carboxylic acids is 4. The number of rotatable bonds is 12. The number of amides is 6. The fourth-order valence-corrected chi connectivity index (χ4v) is 8.58. The van der Waals surface area contributed by atoms with Gasteiger partial charge in [0.1, 0.15) is 17.8 Å². The summed E-state index contributed by atoms with van der Waals surface area (Å²) < 4.78 is 26.7. The number of nitrogens with one attached hydrogen (secondary N) is 3. The molecule has 7 N–H and O–H groups in total. The molecule has 3 aromatic rings. The van der Waals surface area contributed by atoms with E-state index in [9.17, 15) is 32.7 Å². The third-order valence-electron chi connectivity index (χ3n) is 10.4. The van der Waals surface area contributed by atoms with Crippen LogP contribution in [0.3, 0.4) is 0 Å². The molecule has 2 saturated heterocycles. The summed E-state index contributed by atoms with van der Waals surface area (Å²) in [6.45, 7) is 4.07. The fourth-order valence-electron chi connectivity index (χ4n) is 7.30. The van der Waals surface area contributed by atoms with Crippen LogP contribution in [0.25, 0.3) is 0 Å². The van der Waals surface area contributed by atoms with Crippen LogP contribution < -0.4 is 26.6 Å². The highest BCUT2D eigenvalue weighted by molar-refractivity contribution is 9.11. The number of likely N-dealkylation sites (tertiary alicyclic amines) is 1. The second kappa shape index (κ2) is 21.1. The number of nitrogens with zero attached hydrogens (tertiary/aromatic N) is 5. The molecule has 6 rings (SSSR count). The van der Waals surface area contributed by atoms with Crippen molar-refractivity contribution in [2.24, 2.45) is 5.73 Å². The largest absolute Gasteiger partial charge is 0.506 e. The first-order valence-electron chi connectivity index (χ1n) is 19.4. The second-order valence-electron chi connectivity index (χ2n) is 14.6. The van der Waals surface area contributed by atoms with Crippen molar-refractivity contribution < 1.29 is 37.3 Å². The molecule has 17 nitrogen and oxygen atoms in total. The number of unbranched alkanes of at least 4 members (excludes halogenated alkanes) is 1. The number of pyridine rings is 1. The van der Waals surface area contributed by atoms with E-state index in [2.05, 4.69) is 57.7 Å². The molecular formula is C39H51Br2N9O8S. The van der Waals surface area contributed by atoms with Crippen LogP contribution in [0.15, 0.2) is 69.9 Å². The number of hydrogen-bond donors (Lipinski definition) is 6. The van der Waals surface area contributed by atoms with Gasteiger partial charge in [0.2, 0.25) is 11.8 Å². The molecule has 0 radical (unpaired) electrons. The van der Waals surface area contributed by atoms with Crippen molar-refractivity contribution in [1.29, 1.82) is 0 Å². The highest BCUT2D eigenvalue weighted by atomic mass is 79.9. The average Bonchev–Trinajstić information content (AvgIpc) is 3.21. The zero-order valence-electron chi connectivity index (χ0n) is 32.7. The highest BCUT2D eigenvalue weighted by Crippen LogP contribution is 2.34. The van der Waals surface area contributed by atoms with Crippen molar-refractivity contribution in [3.05, 3.63) is 81.0 Å². The molecule has 3 aliphatic heterocycles. The summed E-state index contributed by atoms with van der Waals surface area (Å²) in [4.78, 5) is 66.5. The van der Waals surface area contributed by atoms with Crippen molar-refractivity contribution >= 4 is 77.2 Å². The molecule has 320 valence electrons. The number of piperidine rings is 1. The fraction of sp³-hybridized carbons (Fsp3) is 0.462. The minimum Gasteiger partial charge on any atom is -0.506 e. The first kappa shape index (κ1) is 45.6. The van der Waals surface area contributed by atoms with Gasteiger partial charge in [-0.3, -0.25) is 19.1 Å². The average molecular weight is 966 g/mol. The number of phenols is 1. The van der Waals surface area contributed by atoms with Crippen LogP contribution in [-0.4, -0.2) is 132 Å². The molecular weight excluding hydrogens is 914 g/mol. The van der Waals surface area contributed by atoms with Crippen LogP contribution in [-0.2, 0) is 32.7 Å². The molecule has 0 bridgehead atoms. The maximum atomic E-state index is 14.2. The Morgan fingerprint density at radius 1 is 0.932 bits per heavy atom. The summed E-state index contributed by atoms with van der Waals surface area (Å²) >= 11 is 6.74. The van der Waals surface area contributed by atoms with Gasteiger partial charge in [-0.05, 0) is 112 Å². The first-order chi connectivity index (χ1) is 28.1. The Morgan fingerprint density at radius 2 is 1.56 bits per heavy atom. The summed E-state index contributed by atoms with van der Waals surface area (Å²) in [6.07, 6.45) is 7.25. The number of urea groups is 2. The van der Waals surface area contributed by atoms with Crippen LogP contribution >= 0.6 is 31.9 Å². The number of fused-ring (bicyclic) bond motifs is 1. The third kappa shape index (κ3) is 13.2. The molecule has 20 heteroatoms. The van der Waals surface area contributed by atoms with Gasteiger partial charge >= 0.3 is 12.1 Å². The lowest BCUT2D eigenvalue weighted by Gasteiger charge is -2.40. The molecule has 0 unspecified atom stereocenters. The van der Waals surface area contributed by atoms with Gasteiger partial charge in [0.25, 0.3) is 10.1 Å². The van der Waals surface area contributed by atoms with E-state index in [1.54, 1.807) is 34.3 Å². The number of piperazine rings is 1. The maximum Gasteiger partial charge on any atom is 0.322 e. The molecule has 0 spiro atoms. The number of aromatic hydroxyl groups is 1. The maximum absolute atomic E-state index is 14.2. The Morgan fingerprint density at radius 3 is 2.19 bits per heavy atom. The van der Waals surface area contributed by atoms with Crippen LogP contribution in [0.5, 0.6) is 5.75 Å². The molecule has 1 aromatic heterocycles. The zero-order valence-corrected chi connectivity index (χ0v) is 36.7. The molecule has 4 heterocycles. The van der Waals surface area contributed by atoms with Crippen LogP contribution in [0.4, 0.5) is 21.0 Å². The topological polar surface area (TPSA) is 231 Å². The van der Waals surface area contributed by atoms with Gasteiger partial charge in [-0.15, -0.1) is 0 Å². The van der Waals surface area contributed by atoms with E-state index in [4.69, 9.17) is 10.3 Å². The zero-order chi connectivity index (χ0) is 42.7. The minimum absolute atomic E-state index is 0.0205. The van der Waals surface area contributed by atoms with E-state index >= 15 is 0 Å². The highest BCUT2D eigenvalue weighted by Gasteiger charge is 2.35. The number of aromatic nitrogens is 1.